The highest BCUT2D eigenvalue weighted by molar-refractivity contribution is 7.93. The van der Waals surface area contributed by atoms with E-state index in [2.05, 4.69) is 38.9 Å². The minimum absolute atomic E-state index is 0.0300. The van der Waals surface area contributed by atoms with Gasteiger partial charge in [-0.05, 0) is 61.3 Å². The fraction of sp³-hybridized carbons (Fsp3) is 0.241. The van der Waals surface area contributed by atoms with E-state index in [1.165, 1.54) is 11.6 Å². The van der Waals surface area contributed by atoms with Crippen LogP contribution in [-0.2, 0) is 16.4 Å². The second-order valence-corrected chi connectivity index (χ2v) is 10.9. The number of carbonyl (C=O) groups excluding carboxylic acids is 1. The van der Waals surface area contributed by atoms with Crippen molar-refractivity contribution >= 4 is 32.5 Å². The lowest BCUT2D eigenvalue weighted by atomic mass is 10.1. The van der Waals surface area contributed by atoms with Gasteiger partial charge in [-0.15, -0.1) is 0 Å². The second-order valence-electron chi connectivity index (χ2n) is 9.24. The average molecular weight is 515 g/mol. The molecule has 4 aromatic rings. The molecule has 2 heterocycles. The SMILES string of the molecule is O=C(c1ccc(NS(=O)(=O)c2cccc3cccnc23)cc1)N1CCCN(CCc2ccccc2)CC1. The van der Waals surface area contributed by atoms with Crippen LogP contribution in [0.5, 0.6) is 0 Å². The van der Waals surface area contributed by atoms with E-state index < -0.39 is 10.0 Å². The van der Waals surface area contributed by atoms with E-state index in [0.717, 1.165) is 37.9 Å². The molecule has 0 spiro atoms. The Morgan fingerprint density at radius 3 is 2.43 bits per heavy atom. The van der Waals surface area contributed by atoms with Gasteiger partial charge in [0.15, 0.2) is 0 Å². The maximum atomic E-state index is 13.2. The van der Waals surface area contributed by atoms with Gasteiger partial charge < -0.3 is 9.80 Å². The molecule has 0 saturated carbocycles. The van der Waals surface area contributed by atoms with Gasteiger partial charge >= 0.3 is 0 Å². The number of sulfonamides is 1. The number of para-hydroxylation sites is 1. The maximum Gasteiger partial charge on any atom is 0.264 e. The summed E-state index contributed by atoms with van der Waals surface area (Å²) in [6, 6.07) is 25.7. The number of fused-ring (bicyclic) bond motifs is 1. The molecule has 1 saturated heterocycles. The molecular formula is C29H30N4O3S. The molecule has 1 aliphatic heterocycles. The molecule has 0 atom stereocenters. The molecule has 7 nitrogen and oxygen atoms in total. The van der Waals surface area contributed by atoms with Crippen molar-refractivity contribution in [2.75, 3.05) is 37.4 Å². The molecule has 190 valence electrons. The average Bonchev–Trinajstić information content (AvgIpc) is 3.18. The summed E-state index contributed by atoms with van der Waals surface area (Å²) in [6.07, 6.45) is 3.51. The zero-order valence-electron chi connectivity index (χ0n) is 20.6. The van der Waals surface area contributed by atoms with Crippen LogP contribution in [0.4, 0.5) is 5.69 Å². The van der Waals surface area contributed by atoms with Crippen molar-refractivity contribution in [3.8, 4) is 0 Å². The smallest absolute Gasteiger partial charge is 0.264 e. The van der Waals surface area contributed by atoms with E-state index in [9.17, 15) is 13.2 Å². The van der Waals surface area contributed by atoms with Gasteiger partial charge in [0.2, 0.25) is 0 Å². The van der Waals surface area contributed by atoms with E-state index in [1.54, 1.807) is 42.6 Å². The molecule has 1 aliphatic rings. The Morgan fingerprint density at radius 2 is 1.62 bits per heavy atom. The first kappa shape index (κ1) is 24.9. The molecule has 0 radical (unpaired) electrons. The van der Waals surface area contributed by atoms with Gasteiger partial charge in [-0.1, -0.05) is 48.5 Å². The van der Waals surface area contributed by atoms with Gasteiger partial charge in [0.05, 0.1) is 5.52 Å². The summed E-state index contributed by atoms with van der Waals surface area (Å²) in [5, 5.41) is 0.752. The highest BCUT2D eigenvalue weighted by atomic mass is 32.2. The Hall–Kier alpha value is -3.75. The van der Waals surface area contributed by atoms with Crippen molar-refractivity contribution in [2.45, 2.75) is 17.7 Å². The number of benzene rings is 3. The van der Waals surface area contributed by atoms with Gasteiger partial charge in [-0.25, -0.2) is 8.42 Å². The van der Waals surface area contributed by atoms with Gasteiger partial charge in [0, 0.05) is 49.0 Å². The summed E-state index contributed by atoms with van der Waals surface area (Å²) in [5.74, 6) is -0.0300. The number of nitrogens with zero attached hydrogens (tertiary/aromatic N) is 3. The zero-order valence-corrected chi connectivity index (χ0v) is 21.4. The number of hydrogen-bond acceptors (Lipinski definition) is 5. The van der Waals surface area contributed by atoms with Crippen LogP contribution in [0, 0.1) is 0 Å². The summed E-state index contributed by atoms with van der Waals surface area (Å²) < 4.78 is 28.7. The largest absolute Gasteiger partial charge is 0.337 e. The van der Waals surface area contributed by atoms with Crippen LogP contribution in [-0.4, -0.2) is 61.8 Å². The number of hydrogen-bond donors (Lipinski definition) is 1. The Balaban J connectivity index is 1.20. The number of rotatable bonds is 7. The lowest BCUT2D eigenvalue weighted by Gasteiger charge is -2.22. The first-order chi connectivity index (χ1) is 18.0. The topological polar surface area (TPSA) is 82.6 Å². The van der Waals surface area contributed by atoms with Crippen molar-refractivity contribution in [1.82, 2.24) is 14.8 Å². The molecule has 1 N–H and O–H groups in total. The zero-order chi connectivity index (χ0) is 25.7. The fourth-order valence-corrected chi connectivity index (χ4v) is 5.94. The van der Waals surface area contributed by atoms with Gasteiger partial charge in [-0.2, -0.15) is 0 Å². The van der Waals surface area contributed by atoms with Gasteiger partial charge in [0.1, 0.15) is 4.90 Å². The first-order valence-electron chi connectivity index (χ1n) is 12.5. The number of carbonyl (C=O) groups is 1. The molecular weight excluding hydrogens is 484 g/mol. The van der Waals surface area contributed by atoms with Crippen molar-refractivity contribution in [3.05, 3.63) is 102 Å². The van der Waals surface area contributed by atoms with E-state index in [1.807, 2.05) is 23.1 Å². The normalized spacial score (nSPS) is 14.9. The minimum Gasteiger partial charge on any atom is -0.337 e. The van der Waals surface area contributed by atoms with Crippen LogP contribution < -0.4 is 4.72 Å². The van der Waals surface area contributed by atoms with E-state index in [-0.39, 0.29) is 10.8 Å². The van der Waals surface area contributed by atoms with Crippen LogP contribution in [0.25, 0.3) is 10.9 Å². The Bertz CT molecular complexity index is 1470. The molecule has 1 amide bonds. The summed E-state index contributed by atoms with van der Waals surface area (Å²) in [4.78, 5) is 21.8. The number of aromatic nitrogens is 1. The predicted octanol–water partition coefficient (Wildman–Crippen LogP) is 4.43. The molecule has 5 rings (SSSR count). The molecule has 1 fully saturated rings. The minimum atomic E-state index is -3.84. The number of pyridine rings is 1. The number of nitrogens with one attached hydrogen (secondary N) is 1. The van der Waals surface area contributed by atoms with Crippen LogP contribution in [0.3, 0.4) is 0 Å². The van der Waals surface area contributed by atoms with Crippen LogP contribution in [0.15, 0.2) is 96.0 Å². The lowest BCUT2D eigenvalue weighted by molar-refractivity contribution is 0.0761. The van der Waals surface area contributed by atoms with Gasteiger partial charge in [0.25, 0.3) is 15.9 Å². The standard InChI is InChI=1S/C29H30N4O3S/c34-29(33-19-6-18-32(21-22-33)20-16-23-7-2-1-3-8-23)25-12-14-26(15-13-25)31-37(35,36)27-11-4-9-24-10-5-17-30-28(24)27/h1-5,7-15,17,31H,6,16,18-22H2. The number of amides is 1. The Kier molecular flexibility index (Phi) is 7.48. The Labute approximate surface area is 217 Å². The van der Waals surface area contributed by atoms with Crippen molar-refractivity contribution < 1.29 is 13.2 Å². The number of anilines is 1. The molecule has 0 aliphatic carbocycles. The Morgan fingerprint density at radius 1 is 0.838 bits per heavy atom. The van der Waals surface area contributed by atoms with E-state index in [4.69, 9.17) is 0 Å². The lowest BCUT2D eigenvalue weighted by Crippen LogP contribution is -2.35. The molecule has 8 heteroatoms. The van der Waals surface area contributed by atoms with Crippen molar-refractivity contribution in [2.24, 2.45) is 0 Å². The maximum absolute atomic E-state index is 13.2. The van der Waals surface area contributed by atoms with Crippen molar-refractivity contribution in [3.63, 3.8) is 0 Å². The molecule has 1 aromatic heterocycles. The van der Waals surface area contributed by atoms with Crippen molar-refractivity contribution in [1.29, 1.82) is 0 Å². The van der Waals surface area contributed by atoms with Crippen LogP contribution in [0.1, 0.15) is 22.3 Å². The summed E-state index contributed by atoms with van der Waals surface area (Å²) in [5.41, 5.74) is 2.69. The van der Waals surface area contributed by atoms with Crippen LogP contribution >= 0.6 is 0 Å². The monoisotopic (exact) mass is 514 g/mol. The first-order valence-corrected chi connectivity index (χ1v) is 14.0. The van der Waals surface area contributed by atoms with E-state index >= 15 is 0 Å². The molecule has 3 aromatic carbocycles. The molecule has 0 unspecified atom stereocenters. The quantitative estimate of drug-likeness (QED) is 0.395. The summed E-state index contributed by atoms with van der Waals surface area (Å²) in [6.45, 7) is 4.18. The fourth-order valence-electron chi connectivity index (χ4n) is 4.70. The molecule has 0 bridgehead atoms. The van der Waals surface area contributed by atoms with Gasteiger partial charge in [-0.3, -0.25) is 14.5 Å². The summed E-state index contributed by atoms with van der Waals surface area (Å²) in [7, 11) is -3.84. The predicted molar refractivity (Wildman–Crippen MR) is 146 cm³/mol. The summed E-state index contributed by atoms with van der Waals surface area (Å²) >= 11 is 0. The highest BCUT2D eigenvalue weighted by Gasteiger charge is 2.21. The third-order valence-electron chi connectivity index (χ3n) is 6.70. The van der Waals surface area contributed by atoms with Crippen LogP contribution in [0.2, 0.25) is 0 Å². The highest BCUT2D eigenvalue weighted by Crippen LogP contribution is 2.23. The third kappa shape index (κ3) is 5.98. The third-order valence-corrected chi connectivity index (χ3v) is 8.12. The van der Waals surface area contributed by atoms with E-state index in [0.29, 0.717) is 29.9 Å². The molecule has 37 heavy (non-hydrogen) atoms. The second kappa shape index (κ2) is 11.1.